The highest BCUT2D eigenvalue weighted by Crippen LogP contribution is 2.32. The van der Waals surface area contributed by atoms with Gasteiger partial charge in [0.2, 0.25) is 5.88 Å². The molecule has 0 aromatic carbocycles. The summed E-state index contributed by atoms with van der Waals surface area (Å²) >= 11 is 0. The number of rotatable bonds is 4. The van der Waals surface area contributed by atoms with Crippen molar-refractivity contribution in [3.8, 4) is 17.3 Å². The van der Waals surface area contributed by atoms with E-state index in [1.807, 2.05) is 27.9 Å². The summed E-state index contributed by atoms with van der Waals surface area (Å²) in [5.74, 6) is 2.17. The quantitative estimate of drug-likeness (QED) is 0.925. The third-order valence-electron chi connectivity index (χ3n) is 3.40. The van der Waals surface area contributed by atoms with Gasteiger partial charge in [0.15, 0.2) is 5.82 Å². The summed E-state index contributed by atoms with van der Waals surface area (Å²) in [6, 6.07) is 0. The normalized spacial score (nSPS) is 10.7. The van der Waals surface area contributed by atoms with Gasteiger partial charge in [0.1, 0.15) is 11.4 Å². The maximum absolute atomic E-state index is 5.43. The molecule has 0 aliphatic rings. The lowest BCUT2D eigenvalue weighted by atomic mass is 10.1. The molecule has 108 valence electrons. The highest BCUT2D eigenvalue weighted by Gasteiger charge is 2.20. The van der Waals surface area contributed by atoms with Gasteiger partial charge in [-0.05, 0) is 20.3 Å². The Balaban J connectivity index is 2.70. The molecule has 2 rings (SSSR count). The van der Waals surface area contributed by atoms with Crippen LogP contribution in [0.4, 0.5) is 5.82 Å². The van der Waals surface area contributed by atoms with Crippen LogP contribution in [0.3, 0.4) is 0 Å². The van der Waals surface area contributed by atoms with Gasteiger partial charge < -0.3 is 10.1 Å². The lowest BCUT2D eigenvalue weighted by Gasteiger charge is -2.11. The van der Waals surface area contributed by atoms with Crippen molar-refractivity contribution in [1.29, 1.82) is 0 Å². The highest BCUT2D eigenvalue weighted by molar-refractivity contribution is 5.67. The van der Waals surface area contributed by atoms with Crippen LogP contribution in [0.15, 0.2) is 0 Å². The average molecular weight is 275 g/mol. The van der Waals surface area contributed by atoms with Crippen molar-refractivity contribution in [3.63, 3.8) is 0 Å². The first-order valence-electron chi connectivity index (χ1n) is 6.66. The minimum Gasteiger partial charge on any atom is -0.481 e. The summed E-state index contributed by atoms with van der Waals surface area (Å²) in [5.41, 5.74) is 3.82. The van der Waals surface area contributed by atoms with Crippen molar-refractivity contribution in [1.82, 2.24) is 19.7 Å². The van der Waals surface area contributed by atoms with Crippen LogP contribution in [0.1, 0.15) is 23.9 Å². The number of nitrogens with zero attached hydrogens (tertiary/aromatic N) is 4. The second kappa shape index (κ2) is 5.48. The van der Waals surface area contributed by atoms with Crippen LogP contribution < -0.4 is 10.1 Å². The predicted molar refractivity (Wildman–Crippen MR) is 79.2 cm³/mol. The van der Waals surface area contributed by atoms with Gasteiger partial charge in [-0.25, -0.2) is 14.6 Å². The van der Waals surface area contributed by atoms with Crippen LogP contribution in [0, 0.1) is 13.8 Å². The Morgan fingerprint density at radius 1 is 1.25 bits per heavy atom. The first-order chi connectivity index (χ1) is 9.53. The molecule has 1 N–H and O–H groups in total. The van der Waals surface area contributed by atoms with Crippen molar-refractivity contribution in [2.45, 2.75) is 27.2 Å². The summed E-state index contributed by atoms with van der Waals surface area (Å²) in [6.07, 6.45) is 0.859. The topological polar surface area (TPSA) is 64.9 Å². The SMILES string of the molecule is CCc1nc(-c2c(C)nn(C)c2OC)nc(NC)c1C. The molecule has 2 heterocycles. The van der Waals surface area contributed by atoms with E-state index < -0.39 is 0 Å². The first kappa shape index (κ1) is 14.3. The molecule has 20 heavy (non-hydrogen) atoms. The zero-order valence-electron chi connectivity index (χ0n) is 12.9. The van der Waals surface area contributed by atoms with E-state index in [-0.39, 0.29) is 0 Å². The molecule has 0 unspecified atom stereocenters. The molecule has 2 aromatic rings. The van der Waals surface area contributed by atoms with Gasteiger partial charge in [0, 0.05) is 25.4 Å². The zero-order chi connectivity index (χ0) is 14.9. The lowest BCUT2D eigenvalue weighted by molar-refractivity contribution is 0.374. The van der Waals surface area contributed by atoms with Crippen molar-refractivity contribution < 1.29 is 4.74 Å². The third-order valence-corrected chi connectivity index (χ3v) is 3.40. The molecule has 0 saturated carbocycles. The molecule has 6 heteroatoms. The largest absolute Gasteiger partial charge is 0.481 e. The summed E-state index contributed by atoms with van der Waals surface area (Å²) in [4.78, 5) is 9.26. The lowest BCUT2D eigenvalue weighted by Crippen LogP contribution is -2.05. The standard InChI is InChI=1S/C14H21N5O/c1-7-10-8(2)12(15-4)17-13(16-10)11-9(3)18-19(5)14(11)20-6/h7H2,1-6H3,(H,15,16,17). The van der Waals surface area contributed by atoms with E-state index in [1.54, 1.807) is 11.8 Å². The fourth-order valence-electron chi connectivity index (χ4n) is 2.39. The maximum atomic E-state index is 5.43. The van der Waals surface area contributed by atoms with Gasteiger partial charge in [0.05, 0.1) is 12.8 Å². The number of aryl methyl sites for hydroxylation is 3. The maximum Gasteiger partial charge on any atom is 0.222 e. The molecule has 0 radical (unpaired) electrons. The van der Waals surface area contributed by atoms with Gasteiger partial charge >= 0.3 is 0 Å². The monoisotopic (exact) mass is 275 g/mol. The second-order valence-electron chi connectivity index (χ2n) is 4.66. The number of methoxy groups -OCH3 is 1. The molecular formula is C14H21N5O. The Morgan fingerprint density at radius 2 is 1.95 bits per heavy atom. The van der Waals surface area contributed by atoms with E-state index in [1.165, 1.54) is 0 Å². The molecule has 6 nitrogen and oxygen atoms in total. The third kappa shape index (κ3) is 2.21. The Hall–Kier alpha value is -2.11. The number of anilines is 1. The molecule has 0 saturated heterocycles. The molecule has 0 aliphatic heterocycles. The van der Waals surface area contributed by atoms with Crippen molar-refractivity contribution in [3.05, 3.63) is 17.0 Å². The number of ether oxygens (including phenoxy) is 1. The van der Waals surface area contributed by atoms with E-state index >= 15 is 0 Å². The number of hydrogen-bond acceptors (Lipinski definition) is 5. The average Bonchev–Trinajstić information content (AvgIpc) is 2.73. The summed E-state index contributed by atoms with van der Waals surface area (Å²) in [6.45, 7) is 6.05. The van der Waals surface area contributed by atoms with Crippen LogP contribution in [-0.2, 0) is 13.5 Å². The van der Waals surface area contributed by atoms with Gasteiger partial charge in [-0.1, -0.05) is 6.92 Å². The van der Waals surface area contributed by atoms with Crippen LogP contribution >= 0.6 is 0 Å². The van der Waals surface area contributed by atoms with Crippen LogP contribution in [0.5, 0.6) is 5.88 Å². The molecule has 0 amide bonds. The zero-order valence-corrected chi connectivity index (χ0v) is 12.9. The van der Waals surface area contributed by atoms with Gasteiger partial charge in [-0.15, -0.1) is 0 Å². The fourth-order valence-corrected chi connectivity index (χ4v) is 2.39. The smallest absolute Gasteiger partial charge is 0.222 e. The minimum atomic E-state index is 0.652. The molecule has 0 atom stereocenters. The van der Waals surface area contributed by atoms with Crippen LogP contribution in [0.25, 0.3) is 11.4 Å². The molecular weight excluding hydrogens is 254 g/mol. The summed E-state index contributed by atoms with van der Waals surface area (Å²) in [5, 5.41) is 7.51. The summed E-state index contributed by atoms with van der Waals surface area (Å²) < 4.78 is 7.14. The molecule has 0 fully saturated rings. The van der Waals surface area contributed by atoms with Gasteiger partial charge in [-0.3, -0.25) is 0 Å². The predicted octanol–water partition coefficient (Wildman–Crippen LogP) is 2.11. The molecule has 2 aromatic heterocycles. The summed E-state index contributed by atoms with van der Waals surface area (Å²) in [7, 11) is 5.35. The van der Waals surface area contributed by atoms with Gasteiger partial charge in [-0.2, -0.15) is 5.10 Å². The molecule has 0 bridgehead atoms. The van der Waals surface area contributed by atoms with E-state index in [4.69, 9.17) is 4.74 Å². The first-order valence-corrected chi connectivity index (χ1v) is 6.66. The van der Waals surface area contributed by atoms with Crippen molar-refractivity contribution in [2.24, 2.45) is 7.05 Å². The van der Waals surface area contributed by atoms with Gasteiger partial charge in [0.25, 0.3) is 0 Å². The Morgan fingerprint density at radius 3 is 2.50 bits per heavy atom. The van der Waals surface area contributed by atoms with E-state index in [2.05, 4.69) is 27.3 Å². The van der Waals surface area contributed by atoms with Crippen LogP contribution in [-0.4, -0.2) is 33.9 Å². The number of nitrogens with one attached hydrogen (secondary N) is 1. The Labute approximate surface area is 119 Å². The molecule has 0 aliphatic carbocycles. The Bertz CT molecular complexity index is 608. The van der Waals surface area contributed by atoms with E-state index in [9.17, 15) is 0 Å². The van der Waals surface area contributed by atoms with E-state index in [0.717, 1.165) is 34.8 Å². The number of aromatic nitrogens is 4. The number of hydrogen-bond donors (Lipinski definition) is 1. The van der Waals surface area contributed by atoms with E-state index in [0.29, 0.717) is 11.7 Å². The molecule has 0 spiro atoms. The van der Waals surface area contributed by atoms with Crippen molar-refractivity contribution in [2.75, 3.05) is 19.5 Å². The fraction of sp³-hybridized carbons (Fsp3) is 0.500. The highest BCUT2D eigenvalue weighted by atomic mass is 16.5. The van der Waals surface area contributed by atoms with Crippen LogP contribution in [0.2, 0.25) is 0 Å². The minimum absolute atomic E-state index is 0.652. The Kier molecular flexibility index (Phi) is 3.92. The van der Waals surface area contributed by atoms with Crippen molar-refractivity contribution >= 4 is 5.82 Å². The second-order valence-corrected chi connectivity index (χ2v) is 4.66.